The van der Waals surface area contributed by atoms with Gasteiger partial charge >= 0.3 is 0 Å². The van der Waals surface area contributed by atoms with Gasteiger partial charge in [-0.2, -0.15) is 0 Å². The third-order valence-electron chi connectivity index (χ3n) is 3.68. The molecule has 0 unspecified atom stereocenters. The van der Waals surface area contributed by atoms with Gasteiger partial charge in [0.25, 0.3) is 0 Å². The van der Waals surface area contributed by atoms with Gasteiger partial charge in [0.05, 0.1) is 6.10 Å². The van der Waals surface area contributed by atoms with Gasteiger partial charge in [-0.25, -0.2) is 0 Å². The molecule has 2 heterocycles. The third-order valence-corrected chi connectivity index (χ3v) is 3.97. The summed E-state index contributed by atoms with van der Waals surface area (Å²) < 4.78 is 5.54. The lowest BCUT2D eigenvalue weighted by Gasteiger charge is -2.26. The zero-order chi connectivity index (χ0) is 12.6. The van der Waals surface area contributed by atoms with Crippen LogP contribution in [-0.2, 0) is 4.74 Å². The van der Waals surface area contributed by atoms with Crippen LogP contribution in [0.1, 0.15) is 32.1 Å². The Balaban J connectivity index is 1.48. The van der Waals surface area contributed by atoms with Crippen LogP contribution in [0.25, 0.3) is 0 Å². The van der Waals surface area contributed by atoms with E-state index in [2.05, 4.69) is 15.5 Å². The van der Waals surface area contributed by atoms with Gasteiger partial charge in [0.1, 0.15) is 0 Å². The van der Waals surface area contributed by atoms with Gasteiger partial charge in [-0.05, 0) is 51.0 Å². The van der Waals surface area contributed by atoms with Crippen molar-refractivity contribution in [1.29, 1.82) is 0 Å². The van der Waals surface area contributed by atoms with Crippen molar-refractivity contribution in [2.75, 3.05) is 39.3 Å². The standard InChI is InChI=1S/C13H25N3OS/c18-13(15-11-12-5-4-10-17-12)14-6-9-16-7-2-1-3-8-16/h12H,1-11H2,(H2,14,15,18)/t12-/m0/s1. The first-order valence-electron chi connectivity index (χ1n) is 7.20. The van der Waals surface area contributed by atoms with Crippen LogP contribution in [0.2, 0.25) is 0 Å². The molecular weight excluding hydrogens is 246 g/mol. The maximum absolute atomic E-state index is 5.54. The lowest BCUT2D eigenvalue weighted by atomic mass is 10.1. The third kappa shape index (κ3) is 5.08. The topological polar surface area (TPSA) is 36.5 Å². The van der Waals surface area contributed by atoms with E-state index in [9.17, 15) is 0 Å². The van der Waals surface area contributed by atoms with Gasteiger partial charge in [0.2, 0.25) is 0 Å². The highest BCUT2D eigenvalue weighted by Gasteiger charge is 2.15. The van der Waals surface area contributed by atoms with Crippen molar-refractivity contribution in [3.63, 3.8) is 0 Å². The highest BCUT2D eigenvalue weighted by Crippen LogP contribution is 2.10. The summed E-state index contributed by atoms with van der Waals surface area (Å²) in [6.45, 7) is 6.28. The van der Waals surface area contributed by atoms with Crippen LogP contribution < -0.4 is 10.6 Å². The molecule has 2 rings (SSSR count). The van der Waals surface area contributed by atoms with E-state index in [1.54, 1.807) is 0 Å². The smallest absolute Gasteiger partial charge is 0.166 e. The Bertz CT molecular complexity index is 251. The van der Waals surface area contributed by atoms with Crippen LogP contribution in [0.4, 0.5) is 0 Å². The maximum atomic E-state index is 5.54. The number of hydrogen-bond donors (Lipinski definition) is 2. The van der Waals surface area contributed by atoms with Crippen molar-refractivity contribution >= 4 is 17.3 Å². The molecule has 0 aromatic rings. The van der Waals surface area contributed by atoms with Crippen molar-refractivity contribution in [2.45, 2.75) is 38.2 Å². The minimum absolute atomic E-state index is 0.354. The number of nitrogens with zero attached hydrogens (tertiary/aromatic N) is 1. The zero-order valence-electron chi connectivity index (χ0n) is 11.1. The molecule has 18 heavy (non-hydrogen) atoms. The van der Waals surface area contributed by atoms with E-state index in [1.165, 1.54) is 38.8 Å². The molecule has 0 bridgehead atoms. The predicted molar refractivity (Wildman–Crippen MR) is 77.9 cm³/mol. The highest BCUT2D eigenvalue weighted by atomic mass is 32.1. The van der Waals surface area contributed by atoms with Gasteiger partial charge < -0.3 is 20.3 Å². The molecule has 0 saturated carbocycles. The molecule has 0 aromatic carbocycles. The molecule has 104 valence electrons. The van der Waals surface area contributed by atoms with Crippen molar-refractivity contribution in [3.8, 4) is 0 Å². The van der Waals surface area contributed by atoms with Crippen LogP contribution in [0.15, 0.2) is 0 Å². The van der Waals surface area contributed by atoms with E-state index in [0.717, 1.165) is 37.8 Å². The molecule has 0 radical (unpaired) electrons. The van der Waals surface area contributed by atoms with Gasteiger partial charge in [-0.15, -0.1) is 0 Å². The van der Waals surface area contributed by atoms with Crippen molar-refractivity contribution in [3.05, 3.63) is 0 Å². The summed E-state index contributed by atoms with van der Waals surface area (Å²) in [6, 6.07) is 0. The molecule has 2 aliphatic heterocycles. The fraction of sp³-hybridized carbons (Fsp3) is 0.923. The number of ether oxygens (including phenoxy) is 1. The zero-order valence-corrected chi connectivity index (χ0v) is 11.9. The van der Waals surface area contributed by atoms with Crippen molar-refractivity contribution < 1.29 is 4.74 Å². The molecule has 2 aliphatic rings. The molecular formula is C13H25N3OS. The van der Waals surface area contributed by atoms with Crippen LogP contribution in [0.3, 0.4) is 0 Å². The predicted octanol–water partition coefficient (Wildman–Crippen LogP) is 1.12. The van der Waals surface area contributed by atoms with Crippen LogP contribution in [-0.4, -0.2) is 55.4 Å². The second-order valence-corrected chi connectivity index (χ2v) is 5.58. The second kappa shape index (κ2) is 7.92. The van der Waals surface area contributed by atoms with Gasteiger partial charge in [0, 0.05) is 26.2 Å². The molecule has 0 aromatic heterocycles. The lowest BCUT2D eigenvalue weighted by Crippen LogP contribution is -2.43. The summed E-state index contributed by atoms with van der Waals surface area (Å²) in [7, 11) is 0. The summed E-state index contributed by atoms with van der Waals surface area (Å²) in [4.78, 5) is 2.51. The fourth-order valence-corrected chi connectivity index (χ4v) is 2.77. The average Bonchev–Trinajstić information content (AvgIpc) is 2.91. The normalized spacial score (nSPS) is 25.0. The quantitative estimate of drug-likeness (QED) is 0.733. The number of piperidine rings is 1. The van der Waals surface area contributed by atoms with E-state index < -0.39 is 0 Å². The van der Waals surface area contributed by atoms with E-state index in [0.29, 0.717) is 6.10 Å². The average molecular weight is 271 g/mol. The Labute approximate surface area is 115 Å². The van der Waals surface area contributed by atoms with E-state index >= 15 is 0 Å². The lowest BCUT2D eigenvalue weighted by molar-refractivity contribution is 0.114. The molecule has 5 heteroatoms. The van der Waals surface area contributed by atoms with Crippen LogP contribution in [0.5, 0.6) is 0 Å². The van der Waals surface area contributed by atoms with E-state index in [1.807, 2.05) is 0 Å². The first-order valence-corrected chi connectivity index (χ1v) is 7.61. The van der Waals surface area contributed by atoms with Crippen molar-refractivity contribution in [1.82, 2.24) is 15.5 Å². The van der Waals surface area contributed by atoms with E-state index in [-0.39, 0.29) is 0 Å². The SMILES string of the molecule is S=C(NCCN1CCCCC1)NC[C@@H]1CCCO1. The van der Waals surface area contributed by atoms with Crippen LogP contribution in [0, 0.1) is 0 Å². The first kappa shape index (κ1) is 14.0. The number of nitrogens with one attached hydrogen (secondary N) is 2. The minimum atomic E-state index is 0.354. The van der Waals surface area contributed by atoms with Gasteiger partial charge in [-0.3, -0.25) is 0 Å². The summed E-state index contributed by atoms with van der Waals surface area (Å²) >= 11 is 5.26. The molecule has 1 atom stereocenters. The summed E-state index contributed by atoms with van der Waals surface area (Å²) in [5, 5.41) is 7.28. The van der Waals surface area contributed by atoms with Gasteiger partial charge in [-0.1, -0.05) is 6.42 Å². The minimum Gasteiger partial charge on any atom is -0.376 e. The number of hydrogen-bond acceptors (Lipinski definition) is 3. The maximum Gasteiger partial charge on any atom is 0.166 e. The molecule has 0 amide bonds. The number of likely N-dealkylation sites (tertiary alicyclic amines) is 1. The summed E-state index contributed by atoms with van der Waals surface area (Å²) in [6.07, 6.45) is 6.78. The second-order valence-electron chi connectivity index (χ2n) is 5.17. The summed E-state index contributed by atoms with van der Waals surface area (Å²) in [5.41, 5.74) is 0. The highest BCUT2D eigenvalue weighted by molar-refractivity contribution is 7.80. The molecule has 0 aliphatic carbocycles. The monoisotopic (exact) mass is 271 g/mol. The Morgan fingerprint density at radius 1 is 1.17 bits per heavy atom. The van der Waals surface area contributed by atoms with Gasteiger partial charge in [0.15, 0.2) is 5.11 Å². The molecule has 2 saturated heterocycles. The molecule has 0 spiro atoms. The fourth-order valence-electron chi connectivity index (χ4n) is 2.58. The molecule has 2 fully saturated rings. The molecule has 2 N–H and O–H groups in total. The van der Waals surface area contributed by atoms with Crippen molar-refractivity contribution in [2.24, 2.45) is 0 Å². The largest absolute Gasteiger partial charge is 0.376 e. The Morgan fingerprint density at radius 2 is 2.00 bits per heavy atom. The number of thiocarbonyl (C=S) groups is 1. The van der Waals surface area contributed by atoms with E-state index in [4.69, 9.17) is 17.0 Å². The molecule has 4 nitrogen and oxygen atoms in total. The number of rotatable bonds is 5. The van der Waals surface area contributed by atoms with Crippen LogP contribution >= 0.6 is 12.2 Å². The Hall–Kier alpha value is -0.390. The summed E-state index contributed by atoms with van der Waals surface area (Å²) in [5.74, 6) is 0. The Morgan fingerprint density at radius 3 is 2.72 bits per heavy atom. The Kier molecular flexibility index (Phi) is 6.17. The first-order chi connectivity index (χ1) is 8.84.